The van der Waals surface area contributed by atoms with Gasteiger partial charge in [0.05, 0.1) is 11.6 Å². The molecule has 0 saturated carbocycles. The van der Waals surface area contributed by atoms with Crippen molar-refractivity contribution in [3.05, 3.63) is 59.1 Å². The van der Waals surface area contributed by atoms with Crippen LogP contribution < -0.4 is 4.74 Å². The minimum atomic E-state index is 0. The summed E-state index contributed by atoms with van der Waals surface area (Å²) in [4.78, 5) is 0. The van der Waals surface area contributed by atoms with E-state index < -0.39 is 0 Å². The van der Waals surface area contributed by atoms with Crippen molar-refractivity contribution >= 4 is 11.6 Å². The van der Waals surface area contributed by atoms with Crippen molar-refractivity contribution in [2.45, 2.75) is 0 Å². The van der Waals surface area contributed by atoms with Gasteiger partial charge in [-0.2, -0.15) is 5.26 Å². The SMILES string of the molecule is N#Cc1ccc(Oc2ccc(Cl)cc2)cc1.[Ar]. The van der Waals surface area contributed by atoms with Crippen LogP contribution in [0.5, 0.6) is 11.5 Å². The molecule has 0 N–H and O–H groups in total. The van der Waals surface area contributed by atoms with Gasteiger partial charge < -0.3 is 4.74 Å². The van der Waals surface area contributed by atoms with E-state index in [2.05, 4.69) is 6.07 Å². The molecule has 0 heterocycles. The average molecular weight is 270 g/mol. The van der Waals surface area contributed by atoms with Gasteiger partial charge in [-0.25, -0.2) is 0 Å². The Morgan fingerprint density at radius 1 is 0.882 bits per heavy atom. The third-order valence-corrected chi connectivity index (χ3v) is 2.28. The molecular weight excluding hydrogens is 262 g/mol. The van der Waals surface area contributed by atoms with E-state index >= 15 is 0 Å². The summed E-state index contributed by atoms with van der Waals surface area (Å²) in [7, 11) is 0. The summed E-state index contributed by atoms with van der Waals surface area (Å²) in [5.41, 5.74) is 0.614. The molecule has 2 rings (SSSR count). The molecule has 0 atom stereocenters. The van der Waals surface area contributed by atoms with Gasteiger partial charge in [-0.15, -0.1) is 0 Å². The average Bonchev–Trinajstić information content (AvgIpc) is 2.33. The molecule has 86 valence electrons. The second-order valence-corrected chi connectivity index (χ2v) is 3.63. The zero-order valence-corrected chi connectivity index (χ0v) is 10.2. The van der Waals surface area contributed by atoms with Gasteiger partial charge in [-0.3, -0.25) is 0 Å². The van der Waals surface area contributed by atoms with Crippen LogP contribution in [0.4, 0.5) is 0 Å². The van der Waals surface area contributed by atoms with E-state index in [1.54, 1.807) is 48.5 Å². The Bertz CT molecular complexity index is 517. The molecule has 2 aromatic carbocycles. The number of hydrogen-bond acceptors (Lipinski definition) is 2. The molecule has 0 bridgehead atoms. The first-order valence-corrected chi connectivity index (χ1v) is 5.09. The van der Waals surface area contributed by atoms with Gasteiger partial charge in [0.15, 0.2) is 0 Å². The summed E-state index contributed by atoms with van der Waals surface area (Å²) in [6.07, 6.45) is 0. The molecule has 0 aliphatic heterocycles. The summed E-state index contributed by atoms with van der Waals surface area (Å²) in [5.74, 6) is 1.41. The molecule has 0 aromatic heterocycles. The monoisotopic (exact) mass is 269 g/mol. The summed E-state index contributed by atoms with van der Waals surface area (Å²) in [5, 5.41) is 9.32. The van der Waals surface area contributed by atoms with Crippen molar-refractivity contribution in [2.75, 3.05) is 0 Å². The molecule has 0 unspecified atom stereocenters. The van der Waals surface area contributed by atoms with E-state index in [0.29, 0.717) is 22.1 Å². The maximum atomic E-state index is 8.64. The molecule has 0 amide bonds. The van der Waals surface area contributed by atoms with E-state index in [4.69, 9.17) is 21.6 Å². The van der Waals surface area contributed by atoms with Gasteiger partial charge in [-0.05, 0) is 48.5 Å². The molecule has 0 aliphatic carbocycles. The van der Waals surface area contributed by atoms with Crippen molar-refractivity contribution < 1.29 is 42.5 Å². The molecule has 0 aliphatic rings. The Kier molecular flexibility index (Phi) is 5.80. The fraction of sp³-hybridized carbons (Fsp3) is 0. The zero-order chi connectivity index (χ0) is 11.4. The third kappa shape index (κ3) is 4.22. The number of hydrogen-bond donors (Lipinski definition) is 0. The van der Waals surface area contributed by atoms with Crippen molar-refractivity contribution in [3.8, 4) is 17.6 Å². The molecule has 0 spiro atoms. The van der Waals surface area contributed by atoms with Crippen LogP contribution in [-0.4, -0.2) is 0 Å². The normalized spacial score (nSPS) is 8.94. The predicted molar refractivity (Wildman–Crippen MR) is 62.7 cm³/mol. The molecule has 17 heavy (non-hydrogen) atoms. The Morgan fingerprint density at radius 3 is 1.82 bits per heavy atom. The van der Waals surface area contributed by atoms with Crippen LogP contribution in [0.25, 0.3) is 0 Å². The van der Waals surface area contributed by atoms with Crippen LogP contribution >= 0.6 is 11.6 Å². The maximum absolute atomic E-state index is 8.64. The minimum absolute atomic E-state index is 0. The van der Waals surface area contributed by atoms with Crippen molar-refractivity contribution in [1.29, 1.82) is 5.26 Å². The Balaban J connectivity index is 0.00000144. The van der Waals surface area contributed by atoms with Gasteiger partial charge in [0, 0.05) is 42.8 Å². The van der Waals surface area contributed by atoms with Crippen molar-refractivity contribution in [1.82, 2.24) is 0 Å². The standard InChI is InChI=1S/C13H8ClNO.Ar/c14-11-3-7-13(8-4-11)16-12-5-1-10(9-15)2-6-12;/h1-8H;. The van der Waals surface area contributed by atoms with Crippen LogP contribution in [-0.2, 0) is 0 Å². The number of nitrogens with zero attached hydrogens (tertiary/aromatic N) is 1. The van der Waals surface area contributed by atoms with Gasteiger partial charge in [-0.1, -0.05) is 11.6 Å². The number of nitriles is 1. The Hall–Kier alpha value is -0.720. The van der Waals surface area contributed by atoms with E-state index in [1.807, 2.05) is 0 Å². The number of rotatable bonds is 2. The van der Waals surface area contributed by atoms with Gasteiger partial charge in [0.25, 0.3) is 0 Å². The largest absolute Gasteiger partial charge is 0.457 e. The van der Waals surface area contributed by atoms with Gasteiger partial charge in [0.2, 0.25) is 0 Å². The Morgan fingerprint density at radius 2 is 1.35 bits per heavy atom. The quantitative estimate of drug-likeness (QED) is 0.825. The first-order valence-electron chi connectivity index (χ1n) is 4.71. The van der Waals surface area contributed by atoms with Crippen LogP contribution in [0.2, 0.25) is 5.02 Å². The molecule has 4 heteroatoms. The smallest absolute Gasteiger partial charge is 0.127 e. The van der Waals surface area contributed by atoms with Crippen LogP contribution in [0, 0.1) is 49.1 Å². The van der Waals surface area contributed by atoms with Gasteiger partial charge in [0.1, 0.15) is 11.5 Å². The topological polar surface area (TPSA) is 33.0 Å². The summed E-state index contributed by atoms with van der Waals surface area (Å²) in [6.45, 7) is 0. The van der Waals surface area contributed by atoms with E-state index in [9.17, 15) is 0 Å². The number of benzene rings is 2. The van der Waals surface area contributed by atoms with Crippen LogP contribution in [0.3, 0.4) is 0 Å². The molecular formula is C13H8ArClNO. The number of halogens is 1. The zero-order valence-electron chi connectivity index (χ0n) is 8.71. The summed E-state index contributed by atoms with van der Waals surface area (Å²) < 4.78 is 5.56. The van der Waals surface area contributed by atoms with Gasteiger partial charge >= 0.3 is 0 Å². The molecule has 0 saturated heterocycles. The van der Waals surface area contributed by atoms with Crippen LogP contribution in [0.1, 0.15) is 5.56 Å². The summed E-state index contributed by atoms with van der Waals surface area (Å²) >= 11 is 5.76. The molecule has 2 nitrogen and oxygen atoms in total. The molecule has 0 radical (unpaired) electrons. The van der Waals surface area contributed by atoms with Crippen LogP contribution in [0.15, 0.2) is 48.5 Å². The fourth-order valence-corrected chi connectivity index (χ4v) is 1.36. The van der Waals surface area contributed by atoms with Crippen molar-refractivity contribution in [3.63, 3.8) is 0 Å². The fourth-order valence-electron chi connectivity index (χ4n) is 1.24. The minimum Gasteiger partial charge on any atom is -0.457 e. The first kappa shape index (κ1) is 14.3. The first-order chi connectivity index (χ1) is 7.78. The second-order valence-electron chi connectivity index (χ2n) is 3.19. The van der Waals surface area contributed by atoms with E-state index in [1.165, 1.54) is 0 Å². The maximum Gasteiger partial charge on any atom is 0.127 e. The van der Waals surface area contributed by atoms with Crippen molar-refractivity contribution in [2.24, 2.45) is 0 Å². The second kappa shape index (κ2) is 6.88. The predicted octanol–water partition coefficient (Wildman–Crippen LogP) is 4.00. The van der Waals surface area contributed by atoms with E-state index in [-0.39, 0.29) is 37.7 Å². The molecule has 2 aromatic rings. The molecule has 0 fully saturated rings. The summed E-state index contributed by atoms with van der Waals surface area (Å²) in [6, 6.07) is 16.1. The number of ether oxygens (including phenoxy) is 1. The Labute approximate surface area is 135 Å². The van der Waals surface area contributed by atoms with E-state index in [0.717, 1.165) is 0 Å². The third-order valence-electron chi connectivity index (χ3n) is 2.03.